The molecule has 0 aliphatic carbocycles. The van der Waals surface area contributed by atoms with Crippen LogP contribution in [0.25, 0.3) is 0 Å². The van der Waals surface area contributed by atoms with Crippen molar-refractivity contribution in [1.82, 2.24) is 10.2 Å². The molecule has 3 nitrogen and oxygen atoms in total. The second-order valence-electron chi connectivity index (χ2n) is 4.02. The van der Waals surface area contributed by atoms with E-state index in [1.54, 1.807) is 17.0 Å². The van der Waals surface area contributed by atoms with E-state index in [2.05, 4.69) is 5.32 Å². The number of hydrogen-bond donors (Lipinski definition) is 1. The third-order valence-corrected chi connectivity index (χ3v) is 3.67. The maximum absolute atomic E-state index is 13.4. The van der Waals surface area contributed by atoms with Gasteiger partial charge in [0.15, 0.2) is 0 Å². The van der Waals surface area contributed by atoms with E-state index >= 15 is 0 Å². The van der Waals surface area contributed by atoms with Crippen molar-refractivity contribution in [2.24, 2.45) is 0 Å². The maximum Gasteiger partial charge on any atom is 0.254 e. The molecule has 1 N–H and O–H groups in total. The lowest BCUT2D eigenvalue weighted by Gasteiger charge is -2.20. The molecule has 18 heavy (non-hydrogen) atoms. The van der Waals surface area contributed by atoms with E-state index in [0.717, 1.165) is 26.1 Å². The van der Waals surface area contributed by atoms with Gasteiger partial charge in [-0.1, -0.05) is 0 Å². The first-order chi connectivity index (χ1) is 8.18. The largest absolute Gasteiger partial charge is 0.337 e. The first-order valence-electron chi connectivity index (χ1n) is 5.63. The van der Waals surface area contributed by atoms with Gasteiger partial charge in [0.05, 0.1) is 0 Å². The number of halogens is 3. The van der Waals surface area contributed by atoms with Crippen LogP contribution in [0.2, 0.25) is 0 Å². The lowest BCUT2D eigenvalue weighted by molar-refractivity contribution is 0.0766. The van der Waals surface area contributed by atoms with E-state index in [-0.39, 0.29) is 24.1 Å². The Hall–Kier alpha value is -0.400. The highest BCUT2D eigenvalue weighted by Crippen LogP contribution is 2.14. The van der Waals surface area contributed by atoms with Crippen molar-refractivity contribution in [2.75, 3.05) is 26.2 Å². The molecule has 100 valence electrons. The molecule has 1 aromatic rings. The molecule has 1 fully saturated rings. The quantitative estimate of drug-likeness (QED) is 0.754. The van der Waals surface area contributed by atoms with E-state index < -0.39 is 0 Å². The number of hydrogen-bond acceptors (Lipinski definition) is 2. The molecular formula is C12H15ClFIN2O. The summed E-state index contributed by atoms with van der Waals surface area (Å²) in [5, 5.41) is 3.23. The van der Waals surface area contributed by atoms with Gasteiger partial charge in [0.25, 0.3) is 5.91 Å². The second-order valence-corrected chi connectivity index (χ2v) is 5.19. The van der Waals surface area contributed by atoms with Gasteiger partial charge >= 0.3 is 0 Å². The summed E-state index contributed by atoms with van der Waals surface area (Å²) in [7, 11) is 0. The zero-order chi connectivity index (χ0) is 12.3. The van der Waals surface area contributed by atoms with E-state index in [4.69, 9.17) is 0 Å². The van der Waals surface area contributed by atoms with Gasteiger partial charge in [-0.15, -0.1) is 12.4 Å². The lowest BCUT2D eigenvalue weighted by Crippen LogP contribution is -2.34. The molecule has 0 atom stereocenters. The van der Waals surface area contributed by atoms with E-state index in [9.17, 15) is 9.18 Å². The molecule has 2 rings (SSSR count). The van der Waals surface area contributed by atoms with Gasteiger partial charge in [-0.25, -0.2) is 4.39 Å². The minimum atomic E-state index is -0.329. The summed E-state index contributed by atoms with van der Waals surface area (Å²) in [4.78, 5) is 13.9. The summed E-state index contributed by atoms with van der Waals surface area (Å²) in [6.07, 6.45) is 0.943. The lowest BCUT2D eigenvalue weighted by atomic mass is 10.2. The van der Waals surface area contributed by atoms with Crippen LogP contribution in [0, 0.1) is 9.39 Å². The van der Waals surface area contributed by atoms with Crippen LogP contribution in [0.4, 0.5) is 4.39 Å². The molecule has 1 aromatic carbocycles. The van der Waals surface area contributed by atoms with Crippen LogP contribution in [0.5, 0.6) is 0 Å². The summed E-state index contributed by atoms with van der Waals surface area (Å²) < 4.78 is 13.9. The Bertz CT molecular complexity index is 423. The highest BCUT2D eigenvalue weighted by atomic mass is 127. The van der Waals surface area contributed by atoms with Gasteiger partial charge in [-0.3, -0.25) is 4.79 Å². The number of benzene rings is 1. The minimum Gasteiger partial charge on any atom is -0.337 e. The van der Waals surface area contributed by atoms with Gasteiger partial charge < -0.3 is 10.2 Å². The fourth-order valence-electron chi connectivity index (χ4n) is 1.86. The van der Waals surface area contributed by atoms with E-state index in [1.165, 1.54) is 6.07 Å². The Labute approximate surface area is 126 Å². The predicted molar refractivity (Wildman–Crippen MR) is 79.8 cm³/mol. The molecule has 0 radical (unpaired) electrons. The highest BCUT2D eigenvalue weighted by Gasteiger charge is 2.17. The molecule has 1 heterocycles. The molecule has 1 aliphatic rings. The van der Waals surface area contributed by atoms with Crippen LogP contribution in [0.3, 0.4) is 0 Å². The van der Waals surface area contributed by atoms with Crippen LogP contribution < -0.4 is 5.32 Å². The SMILES string of the molecule is Cl.O=C(c1ccc(I)c(F)c1)N1CCCNCC1. The standard InChI is InChI=1S/C12H14FIN2O.ClH/c13-10-8-9(2-3-11(10)14)12(17)16-6-1-4-15-5-7-16;/h2-3,8,15H,1,4-7H2;1H. The molecular weight excluding hydrogens is 370 g/mol. The van der Waals surface area contributed by atoms with Crippen molar-refractivity contribution in [1.29, 1.82) is 0 Å². The molecule has 0 bridgehead atoms. The molecule has 6 heteroatoms. The summed E-state index contributed by atoms with van der Waals surface area (Å²) in [5.74, 6) is -0.409. The molecule has 0 aromatic heterocycles. The fourth-order valence-corrected chi connectivity index (χ4v) is 2.20. The van der Waals surface area contributed by atoms with Crippen molar-refractivity contribution >= 4 is 40.9 Å². The van der Waals surface area contributed by atoms with Crippen molar-refractivity contribution in [3.05, 3.63) is 33.1 Å². The normalized spacial score (nSPS) is 15.8. The van der Waals surface area contributed by atoms with Crippen molar-refractivity contribution in [3.63, 3.8) is 0 Å². The van der Waals surface area contributed by atoms with E-state index in [0.29, 0.717) is 15.7 Å². The number of carbonyl (C=O) groups excluding carboxylic acids is 1. The van der Waals surface area contributed by atoms with Gasteiger partial charge in [-0.05, 0) is 53.8 Å². The summed E-state index contributed by atoms with van der Waals surface area (Å²) in [6.45, 7) is 3.16. The number of rotatable bonds is 1. The van der Waals surface area contributed by atoms with Crippen LogP contribution >= 0.6 is 35.0 Å². The maximum atomic E-state index is 13.4. The van der Waals surface area contributed by atoms with Crippen LogP contribution in [-0.2, 0) is 0 Å². The number of nitrogens with zero attached hydrogens (tertiary/aromatic N) is 1. The van der Waals surface area contributed by atoms with Crippen LogP contribution in [0.1, 0.15) is 16.8 Å². The predicted octanol–water partition coefficient (Wildman–Crippen LogP) is 2.29. The minimum absolute atomic E-state index is 0. The second kappa shape index (κ2) is 7.25. The van der Waals surface area contributed by atoms with Crippen molar-refractivity contribution in [3.8, 4) is 0 Å². The molecule has 0 saturated carbocycles. The Morgan fingerprint density at radius 2 is 2.11 bits per heavy atom. The summed E-state index contributed by atoms with van der Waals surface area (Å²) in [6, 6.07) is 4.65. The molecule has 0 spiro atoms. The first kappa shape index (κ1) is 15.7. The Balaban J connectivity index is 0.00000162. The van der Waals surface area contributed by atoms with Gasteiger partial charge in [0.2, 0.25) is 0 Å². The number of nitrogens with one attached hydrogen (secondary N) is 1. The van der Waals surface area contributed by atoms with E-state index in [1.807, 2.05) is 22.6 Å². The van der Waals surface area contributed by atoms with Gasteiger partial charge in [0, 0.05) is 28.8 Å². The monoisotopic (exact) mass is 384 g/mol. The molecule has 1 saturated heterocycles. The Morgan fingerprint density at radius 3 is 2.83 bits per heavy atom. The van der Waals surface area contributed by atoms with Gasteiger partial charge in [-0.2, -0.15) is 0 Å². The topological polar surface area (TPSA) is 32.3 Å². The zero-order valence-corrected chi connectivity index (χ0v) is 12.8. The zero-order valence-electron chi connectivity index (χ0n) is 9.79. The van der Waals surface area contributed by atoms with Crippen molar-refractivity contribution in [2.45, 2.75) is 6.42 Å². The highest BCUT2D eigenvalue weighted by molar-refractivity contribution is 14.1. The first-order valence-corrected chi connectivity index (χ1v) is 6.71. The third kappa shape index (κ3) is 3.80. The Morgan fingerprint density at radius 1 is 1.33 bits per heavy atom. The third-order valence-electron chi connectivity index (χ3n) is 2.79. The molecule has 1 amide bonds. The summed E-state index contributed by atoms with van der Waals surface area (Å²) in [5.41, 5.74) is 0.435. The average molecular weight is 385 g/mol. The van der Waals surface area contributed by atoms with Crippen LogP contribution in [0.15, 0.2) is 18.2 Å². The molecule has 1 aliphatic heterocycles. The van der Waals surface area contributed by atoms with Gasteiger partial charge in [0.1, 0.15) is 5.82 Å². The van der Waals surface area contributed by atoms with Crippen molar-refractivity contribution < 1.29 is 9.18 Å². The summed E-state index contributed by atoms with van der Waals surface area (Å²) >= 11 is 1.92. The number of amides is 1. The smallest absolute Gasteiger partial charge is 0.254 e. The molecule has 0 unspecified atom stereocenters. The fraction of sp³-hybridized carbons (Fsp3) is 0.417. The average Bonchev–Trinajstić information content (AvgIpc) is 2.60. The number of carbonyl (C=O) groups is 1. The van der Waals surface area contributed by atoms with Crippen LogP contribution in [-0.4, -0.2) is 37.0 Å². The Kier molecular flexibility index (Phi) is 6.31.